The average molecular weight is 402 g/mol. The van der Waals surface area contributed by atoms with Crippen LogP contribution >= 0.6 is 15.9 Å². The number of ether oxygens (including phenoxy) is 3. The van der Waals surface area contributed by atoms with Crippen molar-refractivity contribution in [3.63, 3.8) is 0 Å². The van der Waals surface area contributed by atoms with Crippen LogP contribution in [0.3, 0.4) is 0 Å². The smallest absolute Gasteiger partial charge is 0.408 e. The number of alkyl carbamates (subject to hydrolysis) is 1. The Morgan fingerprint density at radius 2 is 1.83 bits per heavy atom. The minimum Gasteiger partial charge on any atom is -0.467 e. The Morgan fingerprint density at radius 1 is 1.21 bits per heavy atom. The lowest BCUT2D eigenvalue weighted by atomic mass is 10.2. The highest BCUT2D eigenvalue weighted by atomic mass is 79.9. The Hall–Kier alpha value is -1.60. The molecule has 1 rings (SSSR count). The Bertz CT molecular complexity index is 530. The summed E-state index contributed by atoms with van der Waals surface area (Å²) in [6, 6.07) is 8.74. The van der Waals surface area contributed by atoms with Crippen LogP contribution in [-0.4, -0.2) is 42.2 Å². The van der Waals surface area contributed by atoms with Crippen molar-refractivity contribution in [3.05, 3.63) is 35.9 Å². The maximum Gasteiger partial charge on any atom is 0.408 e. The Morgan fingerprint density at radius 3 is 2.38 bits per heavy atom. The molecule has 1 aromatic rings. The van der Waals surface area contributed by atoms with Crippen LogP contribution in [0.25, 0.3) is 0 Å². The van der Waals surface area contributed by atoms with Crippen LogP contribution < -0.4 is 5.32 Å². The molecule has 24 heavy (non-hydrogen) atoms. The highest BCUT2D eigenvalue weighted by Crippen LogP contribution is 2.12. The van der Waals surface area contributed by atoms with Gasteiger partial charge in [-0.3, -0.25) is 0 Å². The van der Waals surface area contributed by atoms with Gasteiger partial charge in [0.2, 0.25) is 0 Å². The molecule has 0 saturated heterocycles. The number of methoxy groups -OCH3 is 1. The van der Waals surface area contributed by atoms with Crippen molar-refractivity contribution in [2.24, 2.45) is 0 Å². The van der Waals surface area contributed by atoms with Gasteiger partial charge >= 0.3 is 12.1 Å². The van der Waals surface area contributed by atoms with Crippen LogP contribution in [0.15, 0.2) is 30.3 Å². The van der Waals surface area contributed by atoms with Crippen LogP contribution in [0, 0.1) is 0 Å². The highest BCUT2D eigenvalue weighted by Gasteiger charge is 2.31. The molecule has 0 saturated carbocycles. The number of carbonyl (C=O) groups is 2. The van der Waals surface area contributed by atoms with E-state index in [1.54, 1.807) is 20.8 Å². The highest BCUT2D eigenvalue weighted by molar-refractivity contribution is 9.09. The van der Waals surface area contributed by atoms with E-state index < -0.39 is 28.5 Å². The lowest BCUT2D eigenvalue weighted by Gasteiger charge is -2.25. The number of alkyl halides is 1. The fraction of sp³-hybridized carbons (Fsp3) is 0.529. The van der Waals surface area contributed by atoms with Gasteiger partial charge in [-0.15, -0.1) is 0 Å². The van der Waals surface area contributed by atoms with Gasteiger partial charge in [0.1, 0.15) is 11.6 Å². The van der Waals surface area contributed by atoms with E-state index in [-0.39, 0.29) is 6.61 Å². The van der Waals surface area contributed by atoms with E-state index >= 15 is 0 Å². The second-order valence-electron chi connectivity index (χ2n) is 6.16. The third-order valence-corrected chi connectivity index (χ3v) is 3.67. The second kappa shape index (κ2) is 9.64. The molecule has 2 atom stereocenters. The number of esters is 1. The zero-order valence-electron chi connectivity index (χ0n) is 14.4. The molecule has 0 aliphatic carbocycles. The van der Waals surface area contributed by atoms with E-state index in [1.807, 2.05) is 30.3 Å². The van der Waals surface area contributed by atoms with Crippen LogP contribution in [0.2, 0.25) is 0 Å². The summed E-state index contributed by atoms with van der Waals surface area (Å²) in [5.74, 6) is -0.578. The molecule has 0 aliphatic heterocycles. The molecule has 134 valence electrons. The first kappa shape index (κ1) is 20.4. The number of benzene rings is 1. The molecule has 0 bridgehead atoms. The predicted molar refractivity (Wildman–Crippen MR) is 94.0 cm³/mol. The van der Waals surface area contributed by atoms with Gasteiger partial charge in [-0.05, 0) is 26.3 Å². The van der Waals surface area contributed by atoms with Crippen molar-refractivity contribution in [2.75, 3.05) is 13.7 Å². The SMILES string of the molecule is COC(=O)[C@@H](NC(=O)OC(C)(C)C)[C@@H](Br)COCc1ccccc1. The van der Waals surface area contributed by atoms with Crippen molar-refractivity contribution in [1.82, 2.24) is 5.32 Å². The summed E-state index contributed by atoms with van der Waals surface area (Å²) in [7, 11) is 1.26. The molecule has 0 aromatic heterocycles. The molecule has 0 aliphatic rings. The number of halogens is 1. The van der Waals surface area contributed by atoms with Gasteiger partial charge in [0.15, 0.2) is 0 Å². The normalized spacial score (nSPS) is 13.7. The average Bonchev–Trinajstić information content (AvgIpc) is 2.51. The summed E-state index contributed by atoms with van der Waals surface area (Å²) in [5.41, 5.74) is 0.364. The van der Waals surface area contributed by atoms with Crippen molar-refractivity contribution in [1.29, 1.82) is 0 Å². The maximum atomic E-state index is 11.9. The van der Waals surface area contributed by atoms with Crippen molar-refractivity contribution in [2.45, 2.75) is 43.8 Å². The molecule has 0 radical (unpaired) electrons. The molecule has 1 N–H and O–H groups in total. The topological polar surface area (TPSA) is 73.9 Å². The zero-order valence-corrected chi connectivity index (χ0v) is 16.0. The Kier molecular flexibility index (Phi) is 8.21. The molecule has 0 unspecified atom stereocenters. The van der Waals surface area contributed by atoms with Gasteiger partial charge in [-0.25, -0.2) is 9.59 Å². The maximum absolute atomic E-state index is 11.9. The van der Waals surface area contributed by atoms with Gasteiger partial charge < -0.3 is 19.5 Å². The summed E-state index contributed by atoms with van der Waals surface area (Å²) < 4.78 is 15.5. The molecule has 7 heteroatoms. The lowest BCUT2D eigenvalue weighted by Crippen LogP contribution is -2.50. The van der Waals surface area contributed by atoms with Crippen LogP contribution in [0.1, 0.15) is 26.3 Å². The van der Waals surface area contributed by atoms with Crippen molar-refractivity contribution in [3.8, 4) is 0 Å². The van der Waals surface area contributed by atoms with E-state index in [1.165, 1.54) is 7.11 Å². The van der Waals surface area contributed by atoms with E-state index in [0.29, 0.717) is 6.61 Å². The number of amides is 1. The fourth-order valence-corrected chi connectivity index (χ4v) is 2.35. The van der Waals surface area contributed by atoms with Crippen molar-refractivity contribution >= 4 is 28.0 Å². The third-order valence-electron chi connectivity index (χ3n) is 2.88. The van der Waals surface area contributed by atoms with Gasteiger partial charge in [-0.1, -0.05) is 46.3 Å². The second-order valence-corrected chi connectivity index (χ2v) is 7.34. The Balaban J connectivity index is 2.56. The molecular formula is C17H24BrNO5. The number of rotatable bonds is 7. The minimum atomic E-state index is -0.916. The monoisotopic (exact) mass is 401 g/mol. The van der Waals surface area contributed by atoms with Gasteiger partial charge in [0.25, 0.3) is 0 Å². The van der Waals surface area contributed by atoms with Crippen LogP contribution in [-0.2, 0) is 25.6 Å². The van der Waals surface area contributed by atoms with E-state index in [0.717, 1.165) is 5.56 Å². The number of nitrogens with one attached hydrogen (secondary N) is 1. The molecular weight excluding hydrogens is 378 g/mol. The molecule has 1 aromatic carbocycles. The summed E-state index contributed by atoms with van der Waals surface area (Å²) in [5, 5.41) is 2.51. The number of hydrogen-bond donors (Lipinski definition) is 1. The summed E-state index contributed by atoms with van der Waals surface area (Å²) in [4.78, 5) is 23.3. The Labute approximate surface area is 151 Å². The molecule has 0 heterocycles. The summed E-state index contributed by atoms with van der Waals surface area (Å²) in [6.07, 6.45) is -0.689. The predicted octanol–water partition coefficient (Wildman–Crippen LogP) is 3.03. The first-order chi connectivity index (χ1) is 11.2. The molecule has 0 spiro atoms. The third kappa shape index (κ3) is 7.79. The number of carbonyl (C=O) groups excluding carboxylic acids is 2. The largest absolute Gasteiger partial charge is 0.467 e. The molecule has 1 amide bonds. The summed E-state index contributed by atoms with van der Waals surface area (Å²) >= 11 is 3.37. The molecule has 6 nitrogen and oxygen atoms in total. The van der Waals surface area contributed by atoms with Crippen molar-refractivity contribution < 1.29 is 23.8 Å². The van der Waals surface area contributed by atoms with E-state index in [2.05, 4.69) is 21.2 Å². The van der Waals surface area contributed by atoms with E-state index in [4.69, 9.17) is 14.2 Å². The van der Waals surface area contributed by atoms with Gasteiger partial charge in [0.05, 0.1) is 25.2 Å². The standard InChI is InChI=1S/C17H24BrNO5/c1-17(2,3)24-16(21)19-14(15(20)22-4)13(18)11-23-10-12-8-6-5-7-9-12/h5-9,13-14H,10-11H2,1-4H3,(H,19,21)/t13-,14-/m0/s1. The zero-order chi connectivity index (χ0) is 18.2. The number of hydrogen-bond acceptors (Lipinski definition) is 5. The summed E-state index contributed by atoms with van der Waals surface area (Å²) in [6.45, 7) is 5.85. The lowest BCUT2D eigenvalue weighted by molar-refractivity contribution is -0.143. The fourth-order valence-electron chi connectivity index (χ4n) is 1.82. The van der Waals surface area contributed by atoms with Crippen LogP contribution in [0.4, 0.5) is 4.79 Å². The first-order valence-corrected chi connectivity index (χ1v) is 8.47. The minimum absolute atomic E-state index is 0.213. The first-order valence-electron chi connectivity index (χ1n) is 7.56. The quantitative estimate of drug-likeness (QED) is 0.561. The van der Waals surface area contributed by atoms with Gasteiger partial charge in [-0.2, -0.15) is 0 Å². The van der Waals surface area contributed by atoms with Gasteiger partial charge in [0, 0.05) is 0 Å². The molecule has 0 fully saturated rings. The van der Waals surface area contributed by atoms with Crippen LogP contribution in [0.5, 0.6) is 0 Å². The van der Waals surface area contributed by atoms with E-state index in [9.17, 15) is 9.59 Å².